The lowest BCUT2D eigenvalue weighted by molar-refractivity contribution is 0.0316. The van der Waals surface area contributed by atoms with Crippen LogP contribution in [0.2, 0.25) is 0 Å². The zero-order valence-electron chi connectivity index (χ0n) is 11.9. The molecule has 4 nitrogen and oxygen atoms in total. The van der Waals surface area contributed by atoms with Gasteiger partial charge in [-0.1, -0.05) is 30.3 Å². The molecule has 0 saturated heterocycles. The zero-order chi connectivity index (χ0) is 14.7. The van der Waals surface area contributed by atoms with Crippen molar-refractivity contribution in [3.05, 3.63) is 57.8 Å². The molecule has 0 spiro atoms. The van der Waals surface area contributed by atoms with Crippen LogP contribution in [0.25, 0.3) is 0 Å². The molecule has 1 N–H and O–H groups in total. The fourth-order valence-corrected chi connectivity index (χ4v) is 3.56. The predicted molar refractivity (Wildman–Crippen MR) is 82.9 cm³/mol. The van der Waals surface area contributed by atoms with E-state index in [0.717, 1.165) is 18.5 Å². The van der Waals surface area contributed by atoms with Crippen LogP contribution >= 0.6 is 11.3 Å². The van der Waals surface area contributed by atoms with Crippen molar-refractivity contribution in [3.63, 3.8) is 0 Å². The standard InChI is InChI=1S/C16H18N2O2S/c1-12-14-8-10-21-15(14)7-9-18(12)16(19)17-20-11-13-5-3-2-4-6-13/h2-6,8,10,12H,7,9,11H2,1H3,(H,17,19). The van der Waals surface area contributed by atoms with Crippen LogP contribution in [0.15, 0.2) is 41.8 Å². The number of thiophene rings is 1. The molecule has 2 amide bonds. The molecule has 5 heteroatoms. The summed E-state index contributed by atoms with van der Waals surface area (Å²) < 4.78 is 0. The molecule has 1 aliphatic heterocycles. The van der Waals surface area contributed by atoms with E-state index < -0.39 is 0 Å². The first-order valence-corrected chi connectivity index (χ1v) is 7.92. The van der Waals surface area contributed by atoms with Gasteiger partial charge in [-0.2, -0.15) is 0 Å². The summed E-state index contributed by atoms with van der Waals surface area (Å²) in [4.78, 5) is 20.7. The maximum atomic E-state index is 12.2. The molecule has 3 rings (SSSR count). The van der Waals surface area contributed by atoms with Crippen molar-refractivity contribution in [2.45, 2.75) is 26.0 Å². The SMILES string of the molecule is CC1c2ccsc2CCN1C(=O)NOCc1ccccc1. The van der Waals surface area contributed by atoms with E-state index in [1.165, 1.54) is 10.4 Å². The smallest absolute Gasteiger partial charge is 0.316 e. The summed E-state index contributed by atoms with van der Waals surface area (Å²) >= 11 is 1.77. The van der Waals surface area contributed by atoms with Gasteiger partial charge in [-0.3, -0.25) is 4.84 Å². The minimum atomic E-state index is -0.171. The van der Waals surface area contributed by atoms with E-state index in [2.05, 4.69) is 23.9 Å². The van der Waals surface area contributed by atoms with Gasteiger partial charge in [0.1, 0.15) is 0 Å². The predicted octanol–water partition coefficient (Wildman–Crippen LogP) is 3.51. The number of fused-ring (bicyclic) bond motifs is 1. The molecule has 2 heterocycles. The van der Waals surface area contributed by atoms with Crippen molar-refractivity contribution in [3.8, 4) is 0 Å². The van der Waals surface area contributed by atoms with Crippen molar-refractivity contribution in [2.24, 2.45) is 0 Å². The number of nitrogens with one attached hydrogen (secondary N) is 1. The number of nitrogens with zero attached hydrogens (tertiary/aromatic N) is 1. The Balaban J connectivity index is 1.54. The molecular weight excluding hydrogens is 284 g/mol. The van der Waals surface area contributed by atoms with E-state index in [9.17, 15) is 4.79 Å². The Hall–Kier alpha value is -1.85. The van der Waals surface area contributed by atoms with Gasteiger partial charge >= 0.3 is 6.03 Å². The number of urea groups is 1. The van der Waals surface area contributed by atoms with Crippen molar-refractivity contribution < 1.29 is 9.63 Å². The highest BCUT2D eigenvalue weighted by atomic mass is 32.1. The number of rotatable bonds is 3. The van der Waals surface area contributed by atoms with Gasteiger partial charge in [0.05, 0.1) is 12.6 Å². The van der Waals surface area contributed by atoms with E-state index in [-0.39, 0.29) is 12.1 Å². The zero-order valence-corrected chi connectivity index (χ0v) is 12.7. The lowest BCUT2D eigenvalue weighted by Crippen LogP contribution is -2.44. The minimum Gasteiger partial charge on any atom is -0.316 e. The molecule has 0 fully saturated rings. The van der Waals surface area contributed by atoms with Crippen LogP contribution in [0.3, 0.4) is 0 Å². The third kappa shape index (κ3) is 3.09. The number of carbonyl (C=O) groups is 1. The Morgan fingerprint density at radius 2 is 2.19 bits per heavy atom. The summed E-state index contributed by atoms with van der Waals surface area (Å²) in [5.74, 6) is 0. The highest BCUT2D eigenvalue weighted by Crippen LogP contribution is 2.32. The summed E-state index contributed by atoms with van der Waals surface area (Å²) in [6, 6.07) is 11.8. The average molecular weight is 302 g/mol. The second-order valence-corrected chi connectivity index (χ2v) is 6.10. The molecule has 0 radical (unpaired) electrons. The maximum absolute atomic E-state index is 12.2. The van der Waals surface area contributed by atoms with Crippen molar-refractivity contribution in [1.29, 1.82) is 0 Å². The number of hydrogen-bond acceptors (Lipinski definition) is 3. The minimum absolute atomic E-state index is 0.0975. The van der Waals surface area contributed by atoms with E-state index in [0.29, 0.717) is 6.61 Å². The average Bonchev–Trinajstić information content (AvgIpc) is 2.98. The third-order valence-corrected chi connectivity index (χ3v) is 4.78. The first-order chi connectivity index (χ1) is 10.3. The van der Waals surface area contributed by atoms with Crippen molar-refractivity contribution in [1.82, 2.24) is 10.4 Å². The molecule has 0 saturated carbocycles. The molecule has 1 aromatic carbocycles. The second kappa shape index (κ2) is 6.28. The Morgan fingerprint density at radius 1 is 1.38 bits per heavy atom. The topological polar surface area (TPSA) is 41.6 Å². The van der Waals surface area contributed by atoms with Crippen molar-refractivity contribution >= 4 is 17.4 Å². The highest BCUT2D eigenvalue weighted by molar-refractivity contribution is 7.10. The molecule has 0 aliphatic carbocycles. The van der Waals surface area contributed by atoms with Crippen LogP contribution in [-0.2, 0) is 17.9 Å². The lowest BCUT2D eigenvalue weighted by Gasteiger charge is -2.33. The molecule has 21 heavy (non-hydrogen) atoms. The Labute approximate surface area is 128 Å². The Bertz CT molecular complexity index is 612. The summed E-state index contributed by atoms with van der Waals surface area (Å²) in [6.07, 6.45) is 0.920. The molecule has 110 valence electrons. The van der Waals surface area contributed by atoms with Crippen LogP contribution in [0, 0.1) is 0 Å². The summed E-state index contributed by atoms with van der Waals surface area (Å²) in [5, 5.41) is 2.09. The molecule has 1 unspecified atom stereocenters. The van der Waals surface area contributed by atoms with Gasteiger partial charge in [-0.15, -0.1) is 11.3 Å². The largest absolute Gasteiger partial charge is 0.341 e. The van der Waals surface area contributed by atoms with Crippen molar-refractivity contribution in [2.75, 3.05) is 6.54 Å². The first-order valence-electron chi connectivity index (χ1n) is 7.04. The van der Waals surface area contributed by atoms with Gasteiger partial charge in [-0.05, 0) is 35.9 Å². The van der Waals surface area contributed by atoms with Crippen LogP contribution in [0.4, 0.5) is 4.79 Å². The Kier molecular flexibility index (Phi) is 4.22. The van der Waals surface area contributed by atoms with Gasteiger partial charge in [0.25, 0.3) is 0 Å². The number of carbonyl (C=O) groups excluding carboxylic acids is 1. The first kappa shape index (κ1) is 14.1. The summed E-state index contributed by atoms with van der Waals surface area (Å²) in [7, 11) is 0. The fraction of sp³-hybridized carbons (Fsp3) is 0.312. The molecule has 1 aromatic heterocycles. The summed E-state index contributed by atoms with van der Waals surface area (Å²) in [5.41, 5.74) is 4.83. The van der Waals surface area contributed by atoms with Crippen LogP contribution in [0.5, 0.6) is 0 Å². The summed E-state index contributed by atoms with van der Waals surface area (Å²) in [6.45, 7) is 3.16. The molecule has 1 aliphatic rings. The normalized spacial score (nSPS) is 17.4. The van der Waals surface area contributed by atoms with Gasteiger partial charge in [0, 0.05) is 11.4 Å². The van der Waals surface area contributed by atoms with Gasteiger partial charge in [0.2, 0.25) is 0 Å². The van der Waals surface area contributed by atoms with Crippen LogP contribution < -0.4 is 5.48 Å². The highest BCUT2D eigenvalue weighted by Gasteiger charge is 2.28. The number of hydroxylamine groups is 1. The van der Waals surface area contributed by atoms with Crippen LogP contribution in [0.1, 0.15) is 29.0 Å². The van der Waals surface area contributed by atoms with E-state index >= 15 is 0 Å². The molecule has 2 aromatic rings. The number of amides is 2. The fourth-order valence-electron chi connectivity index (χ4n) is 2.60. The van der Waals surface area contributed by atoms with E-state index in [1.54, 1.807) is 11.3 Å². The van der Waals surface area contributed by atoms with Crippen LogP contribution in [-0.4, -0.2) is 17.5 Å². The Morgan fingerprint density at radius 3 is 3.00 bits per heavy atom. The second-order valence-electron chi connectivity index (χ2n) is 5.10. The number of benzene rings is 1. The number of hydrogen-bond donors (Lipinski definition) is 1. The van der Waals surface area contributed by atoms with E-state index in [4.69, 9.17) is 4.84 Å². The maximum Gasteiger partial charge on any atom is 0.341 e. The monoisotopic (exact) mass is 302 g/mol. The van der Waals surface area contributed by atoms with Gasteiger partial charge in [-0.25, -0.2) is 10.3 Å². The van der Waals surface area contributed by atoms with Gasteiger partial charge < -0.3 is 4.90 Å². The lowest BCUT2D eigenvalue weighted by atomic mass is 10.0. The molecule has 0 bridgehead atoms. The van der Waals surface area contributed by atoms with E-state index in [1.807, 2.05) is 35.2 Å². The molecular formula is C16H18N2O2S. The quantitative estimate of drug-likeness (QED) is 0.882. The molecule has 1 atom stereocenters. The van der Waals surface area contributed by atoms with Gasteiger partial charge in [0.15, 0.2) is 0 Å². The third-order valence-electron chi connectivity index (χ3n) is 3.78.